The van der Waals surface area contributed by atoms with E-state index in [2.05, 4.69) is 34.4 Å². The molecule has 25 heavy (non-hydrogen) atoms. The van der Waals surface area contributed by atoms with Crippen LogP contribution in [0.3, 0.4) is 0 Å². The molecule has 6 heteroatoms. The van der Waals surface area contributed by atoms with Gasteiger partial charge in [0.25, 0.3) is 5.91 Å². The molecule has 1 fully saturated rings. The molecule has 3 rings (SSSR count). The second-order valence-corrected chi connectivity index (χ2v) is 7.75. The van der Waals surface area contributed by atoms with Gasteiger partial charge in [0, 0.05) is 24.4 Å². The molecule has 0 aliphatic carbocycles. The van der Waals surface area contributed by atoms with E-state index in [-0.39, 0.29) is 18.6 Å². The average Bonchev–Trinajstić information content (AvgIpc) is 2.94. The molecule has 1 aliphatic heterocycles. The lowest BCUT2D eigenvalue weighted by Crippen LogP contribution is -2.35. The van der Waals surface area contributed by atoms with Crippen LogP contribution in [0.15, 0.2) is 30.3 Å². The SMILES string of the molecule is Cc1sc(NC(=O)COC2CCN(C)CC2)nc1Cc1ccccc1. The summed E-state index contributed by atoms with van der Waals surface area (Å²) in [4.78, 5) is 20.1. The van der Waals surface area contributed by atoms with Crippen molar-refractivity contribution in [2.24, 2.45) is 0 Å². The molecule has 1 N–H and O–H groups in total. The van der Waals surface area contributed by atoms with Crippen molar-refractivity contribution in [1.82, 2.24) is 9.88 Å². The van der Waals surface area contributed by atoms with Gasteiger partial charge in [-0.05, 0) is 32.4 Å². The van der Waals surface area contributed by atoms with E-state index in [1.807, 2.05) is 25.1 Å². The molecule has 1 aliphatic rings. The number of aryl methyl sites for hydroxylation is 1. The Morgan fingerprint density at radius 2 is 2.04 bits per heavy atom. The number of aromatic nitrogens is 1. The highest BCUT2D eigenvalue weighted by atomic mass is 32.1. The summed E-state index contributed by atoms with van der Waals surface area (Å²) in [6.07, 6.45) is 2.95. The molecule has 2 heterocycles. The summed E-state index contributed by atoms with van der Waals surface area (Å²) in [6.45, 7) is 4.20. The van der Waals surface area contributed by atoms with E-state index >= 15 is 0 Å². The van der Waals surface area contributed by atoms with Crippen LogP contribution >= 0.6 is 11.3 Å². The molecule has 5 nitrogen and oxygen atoms in total. The van der Waals surface area contributed by atoms with Crippen LogP contribution in [-0.2, 0) is 16.0 Å². The van der Waals surface area contributed by atoms with Crippen molar-refractivity contribution in [1.29, 1.82) is 0 Å². The molecule has 0 atom stereocenters. The first-order valence-electron chi connectivity index (χ1n) is 8.70. The van der Waals surface area contributed by atoms with E-state index in [4.69, 9.17) is 4.74 Å². The zero-order valence-corrected chi connectivity index (χ0v) is 15.6. The number of likely N-dealkylation sites (tertiary alicyclic amines) is 1. The summed E-state index contributed by atoms with van der Waals surface area (Å²) in [6, 6.07) is 10.2. The van der Waals surface area contributed by atoms with Crippen LogP contribution in [0.4, 0.5) is 5.13 Å². The molecule has 0 unspecified atom stereocenters. The maximum absolute atomic E-state index is 12.1. The predicted molar refractivity (Wildman–Crippen MR) is 101 cm³/mol. The number of piperidine rings is 1. The van der Waals surface area contributed by atoms with Gasteiger partial charge in [-0.3, -0.25) is 10.1 Å². The first kappa shape index (κ1) is 18.0. The van der Waals surface area contributed by atoms with E-state index in [1.54, 1.807) is 0 Å². The van der Waals surface area contributed by atoms with Crippen LogP contribution in [0.2, 0.25) is 0 Å². The summed E-state index contributed by atoms with van der Waals surface area (Å²) in [5, 5.41) is 3.52. The van der Waals surface area contributed by atoms with Gasteiger partial charge in [-0.1, -0.05) is 30.3 Å². The number of carbonyl (C=O) groups is 1. The first-order chi connectivity index (χ1) is 12.1. The van der Waals surface area contributed by atoms with Crippen LogP contribution < -0.4 is 5.32 Å². The monoisotopic (exact) mass is 359 g/mol. The Hall–Kier alpha value is -1.76. The third-order valence-corrected chi connectivity index (χ3v) is 5.40. The fourth-order valence-electron chi connectivity index (χ4n) is 2.94. The number of thiazole rings is 1. The number of anilines is 1. The molecule has 1 amide bonds. The van der Waals surface area contributed by atoms with Gasteiger partial charge in [-0.2, -0.15) is 0 Å². The van der Waals surface area contributed by atoms with Crippen molar-refractivity contribution in [3.05, 3.63) is 46.5 Å². The summed E-state index contributed by atoms with van der Waals surface area (Å²) in [5.41, 5.74) is 2.24. The largest absolute Gasteiger partial charge is 0.368 e. The predicted octanol–water partition coefficient (Wildman–Crippen LogP) is 3.09. The minimum absolute atomic E-state index is 0.0982. The van der Waals surface area contributed by atoms with Gasteiger partial charge in [-0.15, -0.1) is 11.3 Å². The van der Waals surface area contributed by atoms with Crippen LogP contribution in [0.25, 0.3) is 0 Å². The van der Waals surface area contributed by atoms with Crippen LogP contribution in [0.1, 0.15) is 29.0 Å². The lowest BCUT2D eigenvalue weighted by Gasteiger charge is -2.28. The van der Waals surface area contributed by atoms with Gasteiger partial charge in [0.1, 0.15) is 6.61 Å². The minimum atomic E-state index is -0.126. The third-order valence-electron chi connectivity index (χ3n) is 4.47. The van der Waals surface area contributed by atoms with Crippen LogP contribution in [0, 0.1) is 6.92 Å². The summed E-state index contributed by atoms with van der Waals surface area (Å²) < 4.78 is 5.74. The smallest absolute Gasteiger partial charge is 0.252 e. The van der Waals surface area contributed by atoms with Crippen molar-refractivity contribution >= 4 is 22.4 Å². The standard InChI is InChI=1S/C19H25N3O2S/c1-14-17(12-15-6-4-3-5-7-15)20-19(25-14)21-18(23)13-24-16-8-10-22(2)11-9-16/h3-7,16H,8-13H2,1-2H3,(H,20,21,23). The topological polar surface area (TPSA) is 54.5 Å². The third kappa shape index (κ3) is 5.36. The zero-order valence-electron chi connectivity index (χ0n) is 14.8. The number of amides is 1. The number of ether oxygens (including phenoxy) is 1. The minimum Gasteiger partial charge on any atom is -0.368 e. The summed E-state index contributed by atoms with van der Waals surface area (Å²) >= 11 is 1.52. The number of hydrogen-bond acceptors (Lipinski definition) is 5. The van der Waals surface area contributed by atoms with Crippen LogP contribution in [0.5, 0.6) is 0 Å². The Labute approximate surface area is 153 Å². The maximum atomic E-state index is 12.1. The molecule has 2 aromatic rings. The molecule has 1 aromatic heterocycles. The Morgan fingerprint density at radius 3 is 2.76 bits per heavy atom. The van der Waals surface area contributed by atoms with Gasteiger partial charge < -0.3 is 9.64 Å². The lowest BCUT2D eigenvalue weighted by molar-refractivity contribution is -0.123. The second kappa shape index (κ2) is 8.56. The van der Waals surface area contributed by atoms with Gasteiger partial charge >= 0.3 is 0 Å². The van der Waals surface area contributed by atoms with E-state index < -0.39 is 0 Å². The van der Waals surface area contributed by atoms with Crippen molar-refractivity contribution in [2.45, 2.75) is 32.3 Å². The second-order valence-electron chi connectivity index (χ2n) is 6.55. The fraction of sp³-hybridized carbons (Fsp3) is 0.474. The van der Waals surface area contributed by atoms with Crippen molar-refractivity contribution < 1.29 is 9.53 Å². The normalized spacial score (nSPS) is 16.1. The molecule has 0 bridgehead atoms. The Balaban J connectivity index is 1.49. The number of nitrogens with one attached hydrogen (secondary N) is 1. The number of benzene rings is 1. The van der Waals surface area contributed by atoms with E-state index in [1.165, 1.54) is 16.9 Å². The Bertz CT molecular complexity index is 694. The molecular formula is C19H25N3O2S. The molecule has 1 aromatic carbocycles. The van der Waals surface area contributed by atoms with Crippen molar-refractivity contribution in [3.8, 4) is 0 Å². The first-order valence-corrected chi connectivity index (χ1v) is 9.52. The summed E-state index contributed by atoms with van der Waals surface area (Å²) in [7, 11) is 2.11. The fourth-order valence-corrected chi connectivity index (χ4v) is 3.78. The highest BCUT2D eigenvalue weighted by Gasteiger charge is 2.18. The average molecular weight is 359 g/mol. The highest BCUT2D eigenvalue weighted by molar-refractivity contribution is 7.15. The molecule has 134 valence electrons. The van der Waals surface area contributed by atoms with Gasteiger partial charge in [-0.25, -0.2) is 4.98 Å². The molecule has 0 saturated carbocycles. The molecular weight excluding hydrogens is 334 g/mol. The number of rotatable bonds is 6. The van der Waals surface area contributed by atoms with Crippen molar-refractivity contribution in [2.75, 3.05) is 32.1 Å². The zero-order chi connectivity index (χ0) is 17.6. The molecule has 1 saturated heterocycles. The maximum Gasteiger partial charge on any atom is 0.252 e. The Morgan fingerprint density at radius 1 is 1.32 bits per heavy atom. The van der Waals surface area contributed by atoms with Crippen LogP contribution in [-0.4, -0.2) is 48.6 Å². The van der Waals surface area contributed by atoms with E-state index in [9.17, 15) is 4.79 Å². The number of hydrogen-bond donors (Lipinski definition) is 1. The van der Waals surface area contributed by atoms with Gasteiger partial charge in [0.05, 0.1) is 11.8 Å². The quantitative estimate of drug-likeness (QED) is 0.861. The van der Waals surface area contributed by atoms with E-state index in [0.29, 0.717) is 5.13 Å². The molecule has 0 spiro atoms. The lowest BCUT2D eigenvalue weighted by atomic mass is 10.1. The number of carbonyl (C=O) groups excluding carboxylic acids is 1. The molecule has 0 radical (unpaired) electrons. The Kier molecular flexibility index (Phi) is 6.18. The number of nitrogens with zero attached hydrogens (tertiary/aromatic N) is 2. The van der Waals surface area contributed by atoms with Gasteiger partial charge in [0.2, 0.25) is 0 Å². The highest BCUT2D eigenvalue weighted by Crippen LogP contribution is 2.24. The van der Waals surface area contributed by atoms with E-state index in [0.717, 1.165) is 42.9 Å². The van der Waals surface area contributed by atoms with Crippen molar-refractivity contribution in [3.63, 3.8) is 0 Å². The summed E-state index contributed by atoms with van der Waals surface area (Å²) in [5.74, 6) is -0.126. The van der Waals surface area contributed by atoms with Gasteiger partial charge in [0.15, 0.2) is 5.13 Å².